The molecule has 0 aromatic heterocycles. The second-order valence-corrected chi connectivity index (χ2v) is 5.40. The van der Waals surface area contributed by atoms with Crippen LogP contribution in [0.25, 0.3) is 0 Å². The van der Waals surface area contributed by atoms with Crippen LogP contribution in [0.2, 0.25) is 10.0 Å². The minimum atomic E-state index is 0.461. The van der Waals surface area contributed by atoms with Crippen molar-refractivity contribution in [1.82, 2.24) is 0 Å². The van der Waals surface area contributed by atoms with Crippen LogP contribution >= 0.6 is 23.2 Å². The largest absolute Gasteiger partial charge is 0.355 e. The van der Waals surface area contributed by atoms with Gasteiger partial charge in [-0.3, -0.25) is 0 Å². The first-order valence-corrected chi connectivity index (χ1v) is 6.64. The summed E-state index contributed by atoms with van der Waals surface area (Å²) >= 11 is 12.0. The molecule has 0 aliphatic carbocycles. The van der Waals surface area contributed by atoms with Crippen LogP contribution in [-0.4, -0.2) is 0 Å². The highest BCUT2D eigenvalue weighted by Gasteiger charge is 2.06. The molecule has 94 valence electrons. The zero-order valence-corrected chi connectivity index (χ0v) is 11.9. The van der Waals surface area contributed by atoms with Gasteiger partial charge in [-0.15, -0.1) is 0 Å². The highest BCUT2D eigenvalue weighted by molar-refractivity contribution is 6.35. The van der Waals surface area contributed by atoms with E-state index in [1.54, 1.807) is 6.07 Å². The van der Waals surface area contributed by atoms with E-state index < -0.39 is 0 Å². The van der Waals surface area contributed by atoms with E-state index in [2.05, 4.69) is 31.3 Å². The molecule has 0 saturated carbocycles. The average molecular weight is 280 g/mol. The minimum absolute atomic E-state index is 0.461. The van der Waals surface area contributed by atoms with E-state index in [0.717, 1.165) is 11.4 Å². The molecule has 0 fully saturated rings. The third-order valence-electron chi connectivity index (χ3n) is 2.72. The maximum Gasteiger partial charge on any atom is 0.0441 e. The number of benzene rings is 2. The van der Waals surface area contributed by atoms with Gasteiger partial charge >= 0.3 is 0 Å². The van der Waals surface area contributed by atoms with Crippen LogP contribution in [0.1, 0.15) is 25.3 Å². The third-order valence-corrected chi connectivity index (χ3v) is 3.16. The standard InChI is InChI=1S/C15H15Cl2N/c1-10(2)14-5-3-4-6-15(14)18-13-8-11(16)7-12(17)9-13/h3-10,18H,1-2H3. The van der Waals surface area contributed by atoms with E-state index in [0.29, 0.717) is 16.0 Å². The first kappa shape index (κ1) is 13.3. The van der Waals surface area contributed by atoms with Crippen LogP contribution in [-0.2, 0) is 0 Å². The molecule has 0 spiro atoms. The number of para-hydroxylation sites is 1. The van der Waals surface area contributed by atoms with Crippen molar-refractivity contribution in [3.05, 3.63) is 58.1 Å². The lowest BCUT2D eigenvalue weighted by Gasteiger charge is -2.15. The quantitative estimate of drug-likeness (QED) is 0.742. The number of halogens is 2. The van der Waals surface area contributed by atoms with Crippen molar-refractivity contribution in [3.8, 4) is 0 Å². The predicted octanol–water partition coefficient (Wildman–Crippen LogP) is 5.86. The molecule has 0 aliphatic rings. The van der Waals surface area contributed by atoms with Crippen molar-refractivity contribution >= 4 is 34.6 Å². The van der Waals surface area contributed by atoms with Gasteiger partial charge < -0.3 is 5.32 Å². The van der Waals surface area contributed by atoms with Crippen molar-refractivity contribution < 1.29 is 0 Å². The molecule has 3 heteroatoms. The SMILES string of the molecule is CC(C)c1ccccc1Nc1cc(Cl)cc(Cl)c1. The molecule has 0 unspecified atom stereocenters. The highest BCUT2D eigenvalue weighted by Crippen LogP contribution is 2.29. The minimum Gasteiger partial charge on any atom is -0.355 e. The predicted molar refractivity (Wildman–Crippen MR) is 80.3 cm³/mol. The van der Waals surface area contributed by atoms with Gasteiger partial charge in [0.15, 0.2) is 0 Å². The van der Waals surface area contributed by atoms with E-state index in [1.165, 1.54) is 5.56 Å². The van der Waals surface area contributed by atoms with Crippen molar-refractivity contribution in [2.45, 2.75) is 19.8 Å². The van der Waals surface area contributed by atoms with Crippen molar-refractivity contribution in [3.63, 3.8) is 0 Å². The highest BCUT2D eigenvalue weighted by atomic mass is 35.5. The smallest absolute Gasteiger partial charge is 0.0441 e. The van der Waals surface area contributed by atoms with Crippen LogP contribution in [0.4, 0.5) is 11.4 Å². The third kappa shape index (κ3) is 3.18. The van der Waals surface area contributed by atoms with Gasteiger partial charge in [-0.05, 0) is 35.7 Å². The zero-order valence-electron chi connectivity index (χ0n) is 10.4. The fourth-order valence-corrected chi connectivity index (χ4v) is 2.42. The Balaban J connectivity index is 2.34. The van der Waals surface area contributed by atoms with E-state index in [1.807, 2.05) is 24.3 Å². The van der Waals surface area contributed by atoms with Gasteiger partial charge in [0.2, 0.25) is 0 Å². The molecule has 0 radical (unpaired) electrons. The number of rotatable bonds is 3. The maximum absolute atomic E-state index is 5.99. The van der Waals surface area contributed by atoms with E-state index in [-0.39, 0.29) is 0 Å². The second kappa shape index (κ2) is 5.64. The summed E-state index contributed by atoms with van der Waals surface area (Å²) in [6.45, 7) is 4.34. The lowest BCUT2D eigenvalue weighted by molar-refractivity contribution is 0.869. The summed E-state index contributed by atoms with van der Waals surface area (Å²) in [6.07, 6.45) is 0. The van der Waals surface area contributed by atoms with E-state index in [9.17, 15) is 0 Å². The van der Waals surface area contributed by atoms with Gasteiger partial charge in [0, 0.05) is 21.4 Å². The molecule has 0 heterocycles. The van der Waals surface area contributed by atoms with Gasteiger partial charge in [-0.2, -0.15) is 0 Å². The van der Waals surface area contributed by atoms with E-state index >= 15 is 0 Å². The molecule has 2 aromatic carbocycles. The lowest BCUT2D eigenvalue weighted by Crippen LogP contribution is -1.97. The normalized spacial score (nSPS) is 10.7. The summed E-state index contributed by atoms with van der Waals surface area (Å²) in [7, 11) is 0. The molecule has 0 aliphatic heterocycles. The lowest BCUT2D eigenvalue weighted by atomic mass is 10.0. The van der Waals surface area contributed by atoms with Crippen LogP contribution in [0.3, 0.4) is 0 Å². The van der Waals surface area contributed by atoms with Crippen LogP contribution in [0.15, 0.2) is 42.5 Å². The maximum atomic E-state index is 5.99. The number of nitrogens with one attached hydrogen (secondary N) is 1. The first-order chi connectivity index (χ1) is 8.56. The molecule has 1 N–H and O–H groups in total. The molecular weight excluding hydrogens is 265 g/mol. The summed E-state index contributed by atoms with van der Waals surface area (Å²) in [5.74, 6) is 0.461. The Hall–Kier alpha value is -1.18. The zero-order chi connectivity index (χ0) is 13.1. The van der Waals surface area contributed by atoms with Gasteiger partial charge in [-0.1, -0.05) is 55.2 Å². The van der Waals surface area contributed by atoms with Gasteiger partial charge in [0.1, 0.15) is 0 Å². The second-order valence-electron chi connectivity index (χ2n) is 4.53. The summed E-state index contributed by atoms with van der Waals surface area (Å²) < 4.78 is 0. The average Bonchev–Trinajstić information content (AvgIpc) is 2.27. The van der Waals surface area contributed by atoms with Crippen molar-refractivity contribution in [2.24, 2.45) is 0 Å². The number of anilines is 2. The van der Waals surface area contributed by atoms with Gasteiger partial charge in [0.25, 0.3) is 0 Å². The Kier molecular flexibility index (Phi) is 4.15. The molecule has 0 amide bonds. The van der Waals surface area contributed by atoms with Gasteiger partial charge in [0.05, 0.1) is 0 Å². The Morgan fingerprint density at radius 3 is 2.17 bits per heavy atom. The van der Waals surface area contributed by atoms with Crippen molar-refractivity contribution in [1.29, 1.82) is 0 Å². The first-order valence-electron chi connectivity index (χ1n) is 5.88. The Morgan fingerprint density at radius 2 is 1.56 bits per heavy atom. The van der Waals surface area contributed by atoms with Crippen LogP contribution < -0.4 is 5.32 Å². The molecule has 1 nitrogen and oxygen atoms in total. The topological polar surface area (TPSA) is 12.0 Å². The molecule has 0 saturated heterocycles. The number of hydrogen-bond donors (Lipinski definition) is 1. The molecular formula is C15H15Cl2N. The molecule has 2 aromatic rings. The molecule has 0 bridgehead atoms. The summed E-state index contributed by atoms with van der Waals surface area (Å²) in [5, 5.41) is 4.63. The molecule has 2 rings (SSSR count). The van der Waals surface area contributed by atoms with Crippen LogP contribution in [0, 0.1) is 0 Å². The summed E-state index contributed by atoms with van der Waals surface area (Å²) in [6, 6.07) is 13.7. The van der Waals surface area contributed by atoms with Crippen LogP contribution in [0.5, 0.6) is 0 Å². The van der Waals surface area contributed by atoms with E-state index in [4.69, 9.17) is 23.2 Å². The summed E-state index contributed by atoms with van der Waals surface area (Å²) in [4.78, 5) is 0. The monoisotopic (exact) mass is 279 g/mol. The molecule has 18 heavy (non-hydrogen) atoms. The Labute approximate surface area is 118 Å². The van der Waals surface area contributed by atoms with Gasteiger partial charge in [-0.25, -0.2) is 0 Å². The fraction of sp³-hybridized carbons (Fsp3) is 0.200. The summed E-state index contributed by atoms with van der Waals surface area (Å²) in [5.41, 5.74) is 3.26. The molecule has 0 atom stereocenters. The number of hydrogen-bond acceptors (Lipinski definition) is 1. The Bertz CT molecular complexity index is 530. The Morgan fingerprint density at radius 1 is 0.944 bits per heavy atom. The fourth-order valence-electron chi connectivity index (χ4n) is 1.90. The van der Waals surface area contributed by atoms with Crippen molar-refractivity contribution in [2.75, 3.05) is 5.32 Å².